The van der Waals surface area contributed by atoms with Crippen LogP contribution in [0.3, 0.4) is 0 Å². The Balaban J connectivity index is 1.93. The Kier molecular flexibility index (Phi) is 6.05. The second kappa shape index (κ2) is 7.46. The number of amides is 1. The lowest BCUT2D eigenvalue weighted by Gasteiger charge is -2.39. The monoisotopic (exact) mass is 347 g/mol. The van der Waals surface area contributed by atoms with Gasteiger partial charge < -0.3 is 10.0 Å². The SMILES string of the molecule is CN(C(=O)C1CCN(S(=O)(=O)N(C)C)CC1)[C@@H]1CCCC[C@@H]1O. The first-order valence-electron chi connectivity index (χ1n) is 8.37. The van der Waals surface area contributed by atoms with E-state index in [0.717, 1.165) is 25.7 Å². The molecule has 1 aliphatic heterocycles. The first-order valence-corrected chi connectivity index (χ1v) is 9.77. The zero-order chi connectivity index (χ0) is 17.2. The maximum atomic E-state index is 12.7. The van der Waals surface area contributed by atoms with Crippen molar-refractivity contribution >= 4 is 16.1 Å². The zero-order valence-electron chi connectivity index (χ0n) is 14.3. The smallest absolute Gasteiger partial charge is 0.281 e. The van der Waals surface area contributed by atoms with Gasteiger partial charge >= 0.3 is 0 Å². The van der Waals surface area contributed by atoms with Gasteiger partial charge in [-0.15, -0.1) is 0 Å². The number of nitrogens with zero attached hydrogens (tertiary/aromatic N) is 3. The van der Waals surface area contributed by atoms with E-state index in [9.17, 15) is 18.3 Å². The molecule has 8 heteroatoms. The van der Waals surface area contributed by atoms with Crippen LogP contribution in [0.15, 0.2) is 0 Å². The number of piperidine rings is 1. The van der Waals surface area contributed by atoms with Crippen LogP contribution in [0.1, 0.15) is 38.5 Å². The van der Waals surface area contributed by atoms with E-state index in [2.05, 4.69) is 0 Å². The molecule has 2 rings (SSSR count). The summed E-state index contributed by atoms with van der Waals surface area (Å²) in [5.74, 6) is -0.111. The van der Waals surface area contributed by atoms with Gasteiger partial charge in [-0.25, -0.2) is 0 Å². The number of rotatable bonds is 4. The third-order valence-corrected chi connectivity index (χ3v) is 7.07. The molecule has 1 aliphatic carbocycles. The normalized spacial score (nSPS) is 28.0. The molecule has 1 heterocycles. The van der Waals surface area contributed by atoms with Crippen molar-refractivity contribution in [3.05, 3.63) is 0 Å². The molecule has 0 radical (unpaired) electrons. The second-order valence-electron chi connectivity index (χ2n) is 6.83. The van der Waals surface area contributed by atoms with E-state index in [1.807, 2.05) is 0 Å². The van der Waals surface area contributed by atoms with E-state index < -0.39 is 16.3 Å². The standard InChI is InChI=1S/C15H29N3O4S/c1-16(2)23(21,22)18-10-8-12(9-11-18)15(20)17(3)13-6-4-5-7-14(13)19/h12-14,19H,4-11H2,1-3H3/t13-,14+/m1/s1. The summed E-state index contributed by atoms with van der Waals surface area (Å²) in [5.41, 5.74) is 0. The Bertz CT molecular complexity index is 515. The molecular formula is C15H29N3O4S. The summed E-state index contributed by atoms with van der Waals surface area (Å²) in [6.45, 7) is 0.746. The molecule has 1 amide bonds. The van der Waals surface area contributed by atoms with Crippen molar-refractivity contribution in [3.8, 4) is 0 Å². The predicted octanol–water partition coefficient (Wildman–Crippen LogP) is 0.267. The number of carbonyl (C=O) groups is 1. The molecule has 1 saturated carbocycles. The molecule has 0 bridgehead atoms. The summed E-state index contributed by atoms with van der Waals surface area (Å²) in [6.07, 6.45) is 4.29. The van der Waals surface area contributed by atoms with Crippen LogP contribution in [-0.2, 0) is 15.0 Å². The Morgan fingerprint density at radius 3 is 2.13 bits per heavy atom. The minimum atomic E-state index is -3.40. The summed E-state index contributed by atoms with van der Waals surface area (Å²) in [5, 5.41) is 10.1. The van der Waals surface area contributed by atoms with Gasteiger partial charge in [-0.1, -0.05) is 12.8 Å². The molecule has 0 aromatic carbocycles. The van der Waals surface area contributed by atoms with Gasteiger partial charge in [-0.3, -0.25) is 4.79 Å². The van der Waals surface area contributed by atoms with Crippen molar-refractivity contribution in [1.82, 2.24) is 13.5 Å². The summed E-state index contributed by atoms with van der Waals surface area (Å²) in [4.78, 5) is 14.4. The van der Waals surface area contributed by atoms with Crippen LogP contribution in [0, 0.1) is 5.92 Å². The first-order chi connectivity index (χ1) is 10.7. The van der Waals surface area contributed by atoms with Crippen molar-refractivity contribution in [1.29, 1.82) is 0 Å². The molecule has 2 atom stereocenters. The fourth-order valence-corrected chi connectivity index (χ4v) is 4.69. The van der Waals surface area contributed by atoms with Crippen LogP contribution in [0.25, 0.3) is 0 Å². The molecule has 0 aromatic rings. The van der Waals surface area contributed by atoms with E-state index in [-0.39, 0.29) is 17.9 Å². The van der Waals surface area contributed by atoms with Crippen LogP contribution in [-0.4, -0.2) is 79.3 Å². The molecule has 0 spiro atoms. The van der Waals surface area contributed by atoms with Gasteiger partial charge in [0.1, 0.15) is 0 Å². The van der Waals surface area contributed by atoms with Crippen LogP contribution in [0.2, 0.25) is 0 Å². The van der Waals surface area contributed by atoms with Gasteiger partial charge in [-0.2, -0.15) is 17.0 Å². The minimum Gasteiger partial charge on any atom is -0.391 e. The minimum absolute atomic E-state index is 0.0397. The lowest BCUT2D eigenvalue weighted by atomic mass is 9.89. The Morgan fingerprint density at radius 2 is 1.61 bits per heavy atom. The van der Waals surface area contributed by atoms with E-state index in [4.69, 9.17) is 0 Å². The molecule has 2 fully saturated rings. The zero-order valence-corrected chi connectivity index (χ0v) is 15.1. The highest BCUT2D eigenvalue weighted by Gasteiger charge is 2.36. The van der Waals surface area contributed by atoms with Crippen LogP contribution < -0.4 is 0 Å². The van der Waals surface area contributed by atoms with Crippen molar-refractivity contribution in [2.24, 2.45) is 5.92 Å². The van der Waals surface area contributed by atoms with Crippen LogP contribution in [0.4, 0.5) is 0 Å². The molecule has 1 N–H and O–H groups in total. The molecule has 0 unspecified atom stereocenters. The molecule has 0 aromatic heterocycles. The average Bonchev–Trinajstić information content (AvgIpc) is 2.54. The van der Waals surface area contributed by atoms with Gasteiger partial charge in [0.15, 0.2) is 0 Å². The molecular weight excluding hydrogens is 318 g/mol. The van der Waals surface area contributed by atoms with Crippen LogP contribution in [0.5, 0.6) is 0 Å². The second-order valence-corrected chi connectivity index (χ2v) is 8.97. The number of aliphatic hydroxyl groups is 1. The van der Waals surface area contributed by atoms with Crippen LogP contribution >= 0.6 is 0 Å². The van der Waals surface area contributed by atoms with Crippen molar-refractivity contribution < 1.29 is 18.3 Å². The van der Waals surface area contributed by atoms with Crippen molar-refractivity contribution in [2.45, 2.75) is 50.7 Å². The van der Waals surface area contributed by atoms with Crippen molar-refractivity contribution in [3.63, 3.8) is 0 Å². The number of hydrogen-bond acceptors (Lipinski definition) is 4. The maximum Gasteiger partial charge on any atom is 0.281 e. The predicted molar refractivity (Wildman–Crippen MR) is 87.9 cm³/mol. The Labute approximate surface area is 139 Å². The Hall–Kier alpha value is -0.700. The topological polar surface area (TPSA) is 81.2 Å². The van der Waals surface area contributed by atoms with Gasteiger partial charge in [-0.05, 0) is 25.7 Å². The fraction of sp³-hybridized carbons (Fsp3) is 0.933. The van der Waals surface area contributed by atoms with Crippen molar-refractivity contribution in [2.75, 3.05) is 34.2 Å². The molecule has 2 aliphatic rings. The Morgan fingerprint density at radius 1 is 1.04 bits per heavy atom. The van der Waals surface area contributed by atoms with E-state index in [1.54, 1.807) is 11.9 Å². The lowest BCUT2D eigenvalue weighted by molar-refractivity contribution is -0.141. The third kappa shape index (κ3) is 4.04. The molecule has 134 valence electrons. The number of aliphatic hydroxyl groups excluding tert-OH is 1. The molecule has 1 saturated heterocycles. The van der Waals surface area contributed by atoms with Gasteiger partial charge in [0, 0.05) is 40.2 Å². The quantitative estimate of drug-likeness (QED) is 0.791. The van der Waals surface area contributed by atoms with E-state index in [0.29, 0.717) is 25.9 Å². The highest BCUT2D eigenvalue weighted by Crippen LogP contribution is 2.27. The number of carbonyl (C=O) groups excluding carboxylic acids is 1. The number of hydrogen-bond donors (Lipinski definition) is 1. The third-order valence-electron chi connectivity index (χ3n) is 5.13. The van der Waals surface area contributed by atoms with Gasteiger partial charge in [0.05, 0.1) is 12.1 Å². The lowest BCUT2D eigenvalue weighted by Crippen LogP contribution is -2.51. The molecule has 7 nitrogen and oxygen atoms in total. The first kappa shape index (κ1) is 18.6. The van der Waals surface area contributed by atoms with E-state index >= 15 is 0 Å². The van der Waals surface area contributed by atoms with E-state index in [1.165, 1.54) is 22.7 Å². The van der Waals surface area contributed by atoms with Gasteiger partial charge in [0.25, 0.3) is 10.2 Å². The highest BCUT2D eigenvalue weighted by molar-refractivity contribution is 7.86. The largest absolute Gasteiger partial charge is 0.391 e. The summed E-state index contributed by atoms with van der Waals surface area (Å²) in [6, 6.07) is -0.0974. The summed E-state index contributed by atoms with van der Waals surface area (Å²) in [7, 11) is 1.41. The molecule has 23 heavy (non-hydrogen) atoms. The summed E-state index contributed by atoms with van der Waals surface area (Å²) < 4.78 is 26.9. The number of likely N-dealkylation sites (N-methyl/N-ethyl adjacent to an activating group) is 1. The summed E-state index contributed by atoms with van der Waals surface area (Å²) >= 11 is 0. The fourth-order valence-electron chi connectivity index (χ4n) is 3.56. The average molecular weight is 347 g/mol. The maximum absolute atomic E-state index is 12.7. The highest BCUT2D eigenvalue weighted by atomic mass is 32.2. The van der Waals surface area contributed by atoms with Gasteiger partial charge in [0.2, 0.25) is 5.91 Å².